The fourth-order valence-electron chi connectivity index (χ4n) is 2.33. The van der Waals surface area contributed by atoms with Crippen LogP contribution in [0.4, 0.5) is 0 Å². The number of ketones is 1. The first-order valence-corrected chi connectivity index (χ1v) is 7.24. The first-order chi connectivity index (χ1) is 11.0. The average molecular weight is 305 g/mol. The molecule has 2 aromatic rings. The zero-order valence-electron chi connectivity index (χ0n) is 12.9. The maximum Gasteiger partial charge on any atom is 0.365 e. The number of allylic oxidation sites excluding steroid dienone is 4. The third-order valence-electron chi connectivity index (χ3n) is 3.71. The normalized spacial score (nSPS) is 16.3. The minimum Gasteiger partial charge on any atom is -0.312 e. The van der Waals surface area contributed by atoms with E-state index in [1.165, 1.54) is 6.08 Å². The van der Waals surface area contributed by atoms with Gasteiger partial charge >= 0.3 is 5.97 Å². The van der Waals surface area contributed by atoms with Crippen LogP contribution in [0.25, 0.3) is 10.8 Å². The van der Waals surface area contributed by atoms with Crippen molar-refractivity contribution in [2.75, 3.05) is 0 Å². The molecule has 0 aliphatic heterocycles. The van der Waals surface area contributed by atoms with Crippen LogP contribution >= 0.6 is 0 Å². The number of oxime groups is 1. The number of carbonyl (C=O) groups excluding carboxylic acids is 2. The van der Waals surface area contributed by atoms with E-state index in [0.29, 0.717) is 22.4 Å². The summed E-state index contributed by atoms with van der Waals surface area (Å²) >= 11 is 0. The molecule has 4 heteroatoms. The lowest BCUT2D eigenvalue weighted by Crippen LogP contribution is -2.11. The monoisotopic (exact) mass is 305 g/mol. The van der Waals surface area contributed by atoms with E-state index in [2.05, 4.69) is 5.16 Å². The van der Waals surface area contributed by atoms with Gasteiger partial charge in [-0.1, -0.05) is 35.5 Å². The van der Waals surface area contributed by atoms with Crippen molar-refractivity contribution in [1.29, 1.82) is 0 Å². The molecule has 0 saturated heterocycles. The second-order valence-electron chi connectivity index (χ2n) is 5.44. The molecule has 0 fully saturated rings. The Bertz CT molecular complexity index is 904. The lowest BCUT2D eigenvalue weighted by atomic mass is 9.99. The molecule has 114 valence electrons. The molecule has 3 rings (SSSR count). The minimum atomic E-state index is -0.529. The molecule has 0 amide bonds. The SMILES string of the molecule is CC1=CC(=NOC(=O)c2ccc3ccccc3c2)C(C)=CC1=O. The van der Waals surface area contributed by atoms with Gasteiger partial charge in [-0.3, -0.25) is 4.79 Å². The van der Waals surface area contributed by atoms with Gasteiger partial charge in [-0.15, -0.1) is 0 Å². The summed E-state index contributed by atoms with van der Waals surface area (Å²) in [5.74, 6) is -0.582. The molecule has 0 unspecified atom stereocenters. The molecule has 0 heterocycles. The maximum absolute atomic E-state index is 12.1. The van der Waals surface area contributed by atoms with Crippen molar-refractivity contribution in [3.63, 3.8) is 0 Å². The Morgan fingerprint density at radius 1 is 0.957 bits per heavy atom. The van der Waals surface area contributed by atoms with E-state index in [4.69, 9.17) is 4.84 Å². The van der Waals surface area contributed by atoms with Gasteiger partial charge in [-0.25, -0.2) is 4.79 Å². The lowest BCUT2D eigenvalue weighted by Gasteiger charge is -2.08. The fraction of sp³-hybridized carbons (Fsp3) is 0.105. The number of rotatable bonds is 2. The van der Waals surface area contributed by atoms with Crippen molar-refractivity contribution in [2.45, 2.75) is 13.8 Å². The minimum absolute atomic E-state index is 0.0534. The molecule has 1 aliphatic carbocycles. The summed E-state index contributed by atoms with van der Waals surface area (Å²) in [4.78, 5) is 28.7. The molecular formula is C19H15NO3. The van der Waals surface area contributed by atoms with Crippen molar-refractivity contribution in [3.05, 3.63) is 71.3 Å². The molecular weight excluding hydrogens is 290 g/mol. The van der Waals surface area contributed by atoms with E-state index in [1.807, 2.05) is 30.3 Å². The van der Waals surface area contributed by atoms with Crippen molar-refractivity contribution in [2.24, 2.45) is 5.16 Å². The molecule has 1 aliphatic rings. The molecule has 0 saturated carbocycles. The van der Waals surface area contributed by atoms with Crippen molar-refractivity contribution in [3.8, 4) is 0 Å². The van der Waals surface area contributed by atoms with E-state index in [0.717, 1.165) is 10.8 Å². The van der Waals surface area contributed by atoms with E-state index in [9.17, 15) is 9.59 Å². The Labute approximate surface area is 133 Å². The number of benzene rings is 2. The van der Waals surface area contributed by atoms with Gasteiger partial charge in [0, 0.05) is 0 Å². The first kappa shape index (κ1) is 14.9. The number of hydrogen-bond acceptors (Lipinski definition) is 4. The summed E-state index contributed by atoms with van der Waals surface area (Å²) in [6.07, 6.45) is 3.10. The highest BCUT2D eigenvalue weighted by atomic mass is 16.7. The van der Waals surface area contributed by atoms with Gasteiger partial charge < -0.3 is 4.84 Å². The smallest absolute Gasteiger partial charge is 0.312 e. The van der Waals surface area contributed by atoms with Gasteiger partial charge in [0.2, 0.25) is 0 Å². The molecule has 0 N–H and O–H groups in total. The average Bonchev–Trinajstić information content (AvgIpc) is 2.56. The Morgan fingerprint density at radius 2 is 1.70 bits per heavy atom. The predicted molar refractivity (Wildman–Crippen MR) is 89.3 cm³/mol. The van der Waals surface area contributed by atoms with Crippen molar-refractivity contribution >= 4 is 28.2 Å². The molecule has 0 radical (unpaired) electrons. The third-order valence-corrected chi connectivity index (χ3v) is 3.71. The zero-order chi connectivity index (χ0) is 16.4. The second-order valence-corrected chi connectivity index (χ2v) is 5.44. The molecule has 0 atom stereocenters. The standard InChI is InChI=1S/C19H15NO3/c1-12-10-18(21)13(2)9-17(12)20-23-19(22)16-8-7-14-5-3-4-6-15(14)11-16/h3-11H,1-2H3. The number of nitrogens with zero attached hydrogens (tertiary/aromatic N) is 1. The van der Waals surface area contributed by atoms with Gasteiger partial charge in [0.05, 0.1) is 5.56 Å². The summed E-state index contributed by atoms with van der Waals surface area (Å²) in [5.41, 5.74) is 2.15. The molecule has 4 nitrogen and oxygen atoms in total. The molecule has 0 aromatic heterocycles. The van der Waals surface area contributed by atoms with Crippen molar-refractivity contribution in [1.82, 2.24) is 0 Å². The lowest BCUT2D eigenvalue weighted by molar-refractivity contribution is -0.111. The summed E-state index contributed by atoms with van der Waals surface area (Å²) in [7, 11) is 0. The summed E-state index contributed by atoms with van der Waals surface area (Å²) in [5, 5.41) is 5.89. The Balaban J connectivity index is 1.82. The zero-order valence-corrected chi connectivity index (χ0v) is 12.9. The maximum atomic E-state index is 12.1. The third kappa shape index (κ3) is 3.11. The van der Waals surface area contributed by atoms with Crippen LogP contribution in [0.2, 0.25) is 0 Å². The topological polar surface area (TPSA) is 55.7 Å². The van der Waals surface area contributed by atoms with E-state index >= 15 is 0 Å². The van der Waals surface area contributed by atoms with E-state index < -0.39 is 5.97 Å². The summed E-state index contributed by atoms with van der Waals surface area (Å²) in [6.45, 7) is 3.45. The van der Waals surface area contributed by atoms with Crippen LogP contribution in [0.5, 0.6) is 0 Å². The van der Waals surface area contributed by atoms with Crippen LogP contribution in [0.3, 0.4) is 0 Å². The van der Waals surface area contributed by atoms with Crippen LogP contribution in [-0.2, 0) is 9.63 Å². The van der Waals surface area contributed by atoms with Crippen LogP contribution in [0, 0.1) is 0 Å². The summed E-state index contributed by atoms with van der Waals surface area (Å²) in [6, 6.07) is 13.1. The highest BCUT2D eigenvalue weighted by Crippen LogP contribution is 2.17. The Morgan fingerprint density at radius 3 is 2.48 bits per heavy atom. The fourth-order valence-corrected chi connectivity index (χ4v) is 2.33. The van der Waals surface area contributed by atoms with Crippen molar-refractivity contribution < 1.29 is 14.4 Å². The van der Waals surface area contributed by atoms with Gasteiger partial charge in [-0.2, -0.15) is 0 Å². The quantitative estimate of drug-likeness (QED) is 0.481. The van der Waals surface area contributed by atoms with Gasteiger partial charge in [0.15, 0.2) is 5.78 Å². The highest BCUT2D eigenvalue weighted by Gasteiger charge is 2.14. The number of carbonyl (C=O) groups is 2. The van der Waals surface area contributed by atoms with Crippen LogP contribution in [0.15, 0.2) is 70.9 Å². The molecule has 23 heavy (non-hydrogen) atoms. The van der Waals surface area contributed by atoms with Crippen LogP contribution in [-0.4, -0.2) is 17.5 Å². The second kappa shape index (κ2) is 6.01. The van der Waals surface area contributed by atoms with Crippen LogP contribution in [0.1, 0.15) is 24.2 Å². The van der Waals surface area contributed by atoms with Gasteiger partial charge in [0.1, 0.15) is 5.71 Å². The number of fused-ring (bicyclic) bond motifs is 1. The molecule has 0 bridgehead atoms. The molecule has 0 spiro atoms. The predicted octanol–water partition coefficient (Wildman–Crippen LogP) is 3.83. The van der Waals surface area contributed by atoms with Crippen LogP contribution < -0.4 is 0 Å². The number of hydrogen-bond donors (Lipinski definition) is 0. The Hall–Kier alpha value is -3.01. The largest absolute Gasteiger partial charge is 0.365 e. The van der Waals surface area contributed by atoms with E-state index in [1.54, 1.807) is 32.1 Å². The summed E-state index contributed by atoms with van der Waals surface area (Å²) < 4.78 is 0. The highest BCUT2D eigenvalue weighted by molar-refractivity contribution is 6.21. The van der Waals surface area contributed by atoms with E-state index in [-0.39, 0.29) is 5.78 Å². The Kier molecular flexibility index (Phi) is 3.89. The molecule has 2 aromatic carbocycles. The van der Waals surface area contributed by atoms with Gasteiger partial charge in [0.25, 0.3) is 0 Å². The van der Waals surface area contributed by atoms with Gasteiger partial charge in [-0.05, 0) is 60.1 Å². The first-order valence-electron chi connectivity index (χ1n) is 7.24.